The van der Waals surface area contributed by atoms with Crippen molar-refractivity contribution >= 4 is 29.0 Å². The van der Waals surface area contributed by atoms with Gasteiger partial charge in [0.1, 0.15) is 0 Å². The van der Waals surface area contributed by atoms with Crippen LogP contribution in [0.25, 0.3) is 0 Å². The highest BCUT2D eigenvalue weighted by Crippen LogP contribution is 2.35. The molecule has 0 amide bonds. The van der Waals surface area contributed by atoms with E-state index in [4.69, 9.17) is 9.47 Å². The van der Waals surface area contributed by atoms with Gasteiger partial charge in [-0.05, 0) is 125 Å². The van der Waals surface area contributed by atoms with Crippen LogP contribution in [0.15, 0.2) is 115 Å². The number of carbonyl (C=O) groups is 2. The van der Waals surface area contributed by atoms with E-state index in [2.05, 4.69) is 123 Å². The van der Waals surface area contributed by atoms with Crippen molar-refractivity contribution in [2.75, 3.05) is 18.1 Å². The number of rotatable bonds is 16. The van der Waals surface area contributed by atoms with Crippen molar-refractivity contribution in [2.24, 2.45) is 0 Å². The molecule has 0 radical (unpaired) electrons. The van der Waals surface area contributed by atoms with Gasteiger partial charge in [0.25, 0.3) is 0 Å². The Balaban J connectivity index is 1.46. The monoisotopic (exact) mass is 629 g/mol. The molecule has 0 bridgehead atoms. The van der Waals surface area contributed by atoms with E-state index in [9.17, 15) is 9.59 Å². The molecule has 0 spiro atoms. The van der Waals surface area contributed by atoms with E-state index >= 15 is 0 Å². The van der Waals surface area contributed by atoms with Gasteiger partial charge in [-0.3, -0.25) is 0 Å². The van der Waals surface area contributed by atoms with E-state index in [1.165, 1.54) is 33.4 Å². The fraction of sp³-hybridized carbons (Fsp3) is 0.286. The van der Waals surface area contributed by atoms with Crippen LogP contribution < -0.4 is 4.90 Å². The van der Waals surface area contributed by atoms with Gasteiger partial charge in [0.2, 0.25) is 0 Å². The maximum Gasteiger partial charge on any atom is 0.333 e. The van der Waals surface area contributed by atoms with Crippen molar-refractivity contribution < 1.29 is 19.1 Å². The maximum absolute atomic E-state index is 11.8. The minimum Gasteiger partial charge on any atom is -0.462 e. The predicted molar refractivity (Wildman–Crippen MR) is 193 cm³/mol. The van der Waals surface area contributed by atoms with Gasteiger partial charge in [-0.1, -0.05) is 78.9 Å². The molecule has 0 aromatic heterocycles. The third-order valence-corrected chi connectivity index (χ3v) is 7.98. The first kappa shape index (κ1) is 35.0. The van der Waals surface area contributed by atoms with Gasteiger partial charge < -0.3 is 14.4 Å². The van der Waals surface area contributed by atoms with Gasteiger partial charge in [0.15, 0.2) is 0 Å². The fourth-order valence-electron chi connectivity index (χ4n) is 5.34. The SMILES string of the molecule is C=C(C)C(=O)OCCCc1cc(CCCOC(=O)C(=C)C)cc(CCc2ccc(N(c3ccc(C)cc3)c3ccc(C)cc3)cc2)c1. The van der Waals surface area contributed by atoms with Crippen molar-refractivity contribution in [2.45, 2.75) is 66.2 Å². The number of hydrogen-bond acceptors (Lipinski definition) is 5. The summed E-state index contributed by atoms with van der Waals surface area (Å²) in [5.74, 6) is -0.703. The van der Waals surface area contributed by atoms with E-state index in [1.54, 1.807) is 13.8 Å². The highest BCUT2D eigenvalue weighted by Gasteiger charge is 2.13. The van der Waals surface area contributed by atoms with Crippen LogP contribution in [0.4, 0.5) is 17.1 Å². The summed E-state index contributed by atoms with van der Waals surface area (Å²) >= 11 is 0. The summed E-state index contributed by atoms with van der Waals surface area (Å²) in [5.41, 5.74) is 11.6. The second-order valence-corrected chi connectivity index (χ2v) is 12.4. The van der Waals surface area contributed by atoms with E-state index in [-0.39, 0.29) is 11.9 Å². The van der Waals surface area contributed by atoms with Gasteiger partial charge in [0.05, 0.1) is 13.2 Å². The Kier molecular flexibility index (Phi) is 12.7. The standard InChI is InChI=1S/C42H47NO4/c1-30(2)41(44)46-25-7-9-35-27-36(10-8-26-47-42(45)31(3)4)29-37(28-35)16-15-34-17-23-40(24-18-34)43(38-19-11-32(5)12-20-38)39-21-13-33(6)14-22-39/h11-14,17-24,27-29H,1,3,7-10,15-16,25-26H2,2,4-6H3. The highest BCUT2D eigenvalue weighted by atomic mass is 16.5. The molecule has 4 rings (SSSR count). The molecule has 0 N–H and O–H groups in total. The van der Waals surface area contributed by atoms with Gasteiger partial charge in [-0.15, -0.1) is 0 Å². The van der Waals surface area contributed by atoms with Gasteiger partial charge in [-0.2, -0.15) is 0 Å². The molecule has 5 nitrogen and oxygen atoms in total. The van der Waals surface area contributed by atoms with Crippen LogP contribution >= 0.6 is 0 Å². The Morgan fingerprint density at radius 3 is 1.26 bits per heavy atom. The van der Waals surface area contributed by atoms with Crippen molar-refractivity contribution in [3.63, 3.8) is 0 Å². The lowest BCUT2D eigenvalue weighted by molar-refractivity contribution is -0.139. The lowest BCUT2D eigenvalue weighted by Crippen LogP contribution is -2.10. The number of esters is 2. The Morgan fingerprint density at radius 2 is 0.872 bits per heavy atom. The first-order valence-electron chi connectivity index (χ1n) is 16.4. The summed E-state index contributed by atoms with van der Waals surface area (Å²) in [5, 5.41) is 0. The molecular formula is C42H47NO4. The molecule has 0 heterocycles. The van der Waals surface area contributed by atoms with Gasteiger partial charge in [0, 0.05) is 28.2 Å². The zero-order chi connectivity index (χ0) is 33.8. The second kappa shape index (κ2) is 17.1. The third-order valence-electron chi connectivity index (χ3n) is 7.98. The van der Waals surface area contributed by atoms with Crippen LogP contribution in [0.1, 0.15) is 60.1 Å². The molecular weight excluding hydrogens is 582 g/mol. The van der Waals surface area contributed by atoms with Crippen LogP contribution in [-0.2, 0) is 44.7 Å². The minimum absolute atomic E-state index is 0.351. The molecule has 47 heavy (non-hydrogen) atoms. The number of ether oxygens (including phenoxy) is 2. The average molecular weight is 630 g/mol. The van der Waals surface area contributed by atoms with Crippen LogP contribution in [0.3, 0.4) is 0 Å². The van der Waals surface area contributed by atoms with Crippen LogP contribution in [0, 0.1) is 13.8 Å². The molecule has 0 atom stereocenters. The fourth-order valence-corrected chi connectivity index (χ4v) is 5.34. The zero-order valence-corrected chi connectivity index (χ0v) is 28.3. The lowest BCUT2D eigenvalue weighted by Gasteiger charge is -2.26. The smallest absolute Gasteiger partial charge is 0.333 e. The quantitative estimate of drug-likeness (QED) is 0.0702. The predicted octanol–water partition coefficient (Wildman–Crippen LogP) is 9.66. The van der Waals surface area contributed by atoms with E-state index in [1.807, 2.05) is 0 Å². The molecule has 244 valence electrons. The molecule has 0 aliphatic rings. The van der Waals surface area contributed by atoms with Crippen molar-refractivity contribution in [1.82, 2.24) is 0 Å². The zero-order valence-electron chi connectivity index (χ0n) is 28.3. The highest BCUT2D eigenvalue weighted by molar-refractivity contribution is 5.87. The summed E-state index contributed by atoms with van der Waals surface area (Å²) in [4.78, 5) is 25.9. The van der Waals surface area contributed by atoms with Crippen LogP contribution in [0.5, 0.6) is 0 Å². The largest absolute Gasteiger partial charge is 0.462 e. The first-order valence-corrected chi connectivity index (χ1v) is 16.4. The number of nitrogens with zero attached hydrogens (tertiary/aromatic N) is 1. The summed E-state index contributed by atoms with van der Waals surface area (Å²) < 4.78 is 10.6. The second-order valence-electron chi connectivity index (χ2n) is 12.4. The van der Waals surface area contributed by atoms with Crippen molar-refractivity contribution in [3.8, 4) is 0 Å². The minimum atomic E-state index is -0.351. The molecule has 5 heteroatoms. The molecule has 4 aromatic rings. The van der Waals surface area contributed by atoms with Gasteiger partial charge >= 0.3 is 11.9 Å². The Labute approximate surface area is 280 Å². The van der Waals surface area contributed by atoms with Crippen molar-refractivity contribution in [3.05, 3.63) is 149 Å². The number of aryl methyl sites for hydroxylation is 6. The third kappa shape index (κ3) is 10.8. The lowest BCUT2D eigenvalue weighted by atomic mass is 9.96. The van der Waals surface area contributed by atoms with Crippen LogP contribution in [-0.4, -0.2) is 25.2 Å². The molecule has 0 fully saturated rings. The summed E-state index contributed by atoms with van der Waals surface area (Å²) in [6.45, 7) is 15.5. The molecule has 0 saturated heterocycles. The van der Waals surface area contributed by atoms with Crippen molar-refractivity contribution in [1.29, 1.82) is 0 Å². The molecule has 0 saturated carbocycles. The Bertz CT molecular complexity index is 1570. The van der Waals surface area contributed by atoms with Crippen LogP contribution in [0.2, 0.25) is 0 Å². The number of anilines is 3. The molecule has 0 aliphatic carbocycles. The number of hydrogen-bond donors (Lipinski definition) is 0. The summed E-state index contributed by atoms with van der Waals surface area (Å²) in [7, 11) is 0. The summed E-state index contributed by atoms with van der Waals surface area (Å²) in [6, 6.07) is 32.9. The Morgan fingerprint density at radius 1 is 0.532 bits per heavy atom. The molecule has 0 aliphatic heterocycles. The van der Waals surface area contributed by atoms with E-state index in [0.717, 1.165) is 55.6 Å². The topological polar surface area (TPSA) is 55.8 Å². The normalized spacial score (nSPS) is 10.7. The molecule has 0 unspecified atom stereocenters. The average Bonchev–Trinajstić information content (AvgIpc) is 3.06. The number of carbonyl (C=O) groups excluding carboxylic acids is 2. The van der Waals surface area contributed by atoms with Gasteiger partial charge in [-0.25, -0.2) is 9.59 Å². The maximum atomic E-state index is 11.8. The number of benzene rings is 4. The Hall–Kier alpha value is -4.90. The van der Waals surface area contributed by atoms with E-state index in [0.29, 0.717) is 24.4 Å². The molecule has 4 aromatic carbocycles. The first-order chi connectivity index (χ1) is 22.6. The summed E-state index contributed by atoms with van der Waals surface area (Å²) in [6.07, 6.45) is 4.88. The van der Waals surface area contributed by atoms with E-state index < -0.39 is 0 Å².